The molecule has 22 heavy (non-hydrogen) atoms. The zero-order valence-electron chi connectivity index (χ0n) is 13.1. The van der Waals surface area contributed by atoms with Gasteiger partial charge in [0.2, 0.25) is 5.75 Å². The van der Waals surface area contributed by atoms with Crippen LogP contribution in [0.15, 0.2) is 27.4 Å². The molecule has 5 nitrogen and oxygen atoms in total. The van der Waals surface area contributed by atoms with Crippen LogP contribution in [-0.2, 0) is 0 Å². The smallest absolute Gasteiger partial charge is 0.383 e. The molecule has 5 heteroatoms. The molecule has 0 spiro atoms. The summed E-state index contributed by atoms with van der Waals surface area (Å²) in [6.07, 6.45) is 4.51. The normalized spacial score (nSPS) is 10.8. The average Bonchev–Trinajstić information content (AvgIpc) is 2.51. The van der Waals surface area contributed by atoms with Gasteiger partial charge in [-0.1, -0.05) is 26.2 Å². The molecule has 1 aromatic carbocycles. The Bertz CT molecular complexity index is 675. The maximum Gasteiger partial charge on any atom is 0.383 e. The summed E-state index contributed by atoms with van der Waals surface area (Å²) in [5, 5.41) is 10.5. The van der Waals surface area contributed by atoms with Gasteiger partial charge in [-0.2, -0.15) is 0 Å². The third-order valence-electron chi connectivity index (χ3n) is 3.37. The first kappa shape index (κ1) is 16.2. The number of ether oxygens (including phenoxy) is 2. The van der Waals surface area contributed by atoms with E-state index in [2.05, 4.69) is 6.92 Å². The number of hydrogen-bond acceptors (Lipinski definition) is 5. The van der Waals surface area contributed by atoms with Crippen molar-refractivity contribution in [1.82, 2.24) is 0 Å². The summed E-state index contributed by atoms with van der Waals surface area (Å²) in [7, 11) is 0. The van der Waals surface area contributed by atoms with Gasteiger partial charge in [0.15, 0.2) is 5.75 Å². The monoisotopic (exact) mass is 306 g/mol. The van der Waals surface area contributed by atoms with Crippen LogP contribution >= 0.6 is 0 Å². The van der Waals surface area contributed by atoms with Crippen molar-refractivity contribution in [3.05, 3.63) is 28.6 Å². The lowest BCUT2D eigenvalue weighted by Crippen LogP contribution is -2.07. The largest absolute Gasteiger partial charge is 0.504 e. The maximum atomic E-state index is 11.8. The summed E-state index contributed by atoms with van der Waals surface area (Å²) in [4.78, 5) is 11.8. The van der Waals surface area contributed by atoms with Crippen LogP contribution in [0.1, 0.15) is 39.5 Å². The number of fused-ring (bicyclic) bond motifs is 1. The van der Waals surface area contributed by atoms with Crippen molar-refractivity contribution in [2.75, 3.05) is 13.2 Å². The molecule has 0 unspecified atom stereocenters. The first-order valence-corrected chi connectivity index (χ1v) is 7.72. The molecule has 120 valence electrons. The minimum atomic E-state index is -0.688. The summed E-state index contributed by atoms with van der Waals surface area (Å²) in [5.74, 6) is 0.279. The van der Waals surface area contributed by atoms with Gasteiger partial charge in [0, 0.05) is 6.07 Å². The molecule has 0 saturated heterocycles. The Balaban J connectivity index is 2.17. The fourth-order valence-corrected chi connectivity index (χ4v) is 2.23. The van der Waals surface area contributed by atoms with Crippen molar-refractivity contribution in [2.24, 2.45) is 0 Å². The van der Waals surface area contributed by atoms with Gasteiger partial charge in [0.05, 0.1) is 18.6 Å². The van der Waals surface area contributed by atoms with Crippen LogP contribution in [0.5, 0.6) is 17.2 Å². The maximum absolute atomic E-state index is 11.8. The van der Waals surface area contributed by atoms with Crippen molar-refractivity contribution in [2.45, 2.75) is 39.5 Å². The Morgan fingerprint density at radius 1 is 1.14 bits per heavy atom. The van der Waals surface area contributed by atoms with Crippen molar-refractivity contribution >= 4 is 11.0 Å². The zero-order valence-corrected chi connectivity index (χ0v) is 13.1. The second-order valence-corrected chi connectivity index (χ2v) is 5.07. The lowest BCUT2D eigenvalue weighted by molar-refractivity contribution is 0.299. The highest BCUT2D eigenvalue weighted by Gasteiger charge is 2.15. The SMILES string of the molecule is CCCCCCOc1ccc2c(O)c(OCC)c(=O)oc2c1. The van der Waals surface area contributed by atoms with Gasteiger partial charge in [-0.25, -0.2) is 4.79 Å². The predicted molar refractivity (Wildman–Crippen MR) is 85.0 cm³/mol. The fourth-order valence-electron chi connectivity index (χ4n) is 2.23. The predicted octanol–water partition coefficient (Wildman–Crippen LogP) is 3.86. The second-order valence-electron chi connectivity index (χ2n) is 5.07. The van der Waals surface area contributed by atoms with E-state index in [0.29, 0.717) is 17.7 Å². The Labute approximate surface area is 129 Å². The molecule has 1 N–H and O–H groups in total. The molecule has 0 saturated carbocycles. The van der Waals surface area contributed by atoms with Gasteiger partial charge >= 0.3 is 5.63 Å². The van der Waals surface area contributed by atoms with Gasteiger partial charge in [-0.05, 0) is 25.5 Å². The van der Waals surface area contributed by atoms with E-state index in [1.54, 1.807) is 25.1 Å². The van der Waals surface area contributed by atoms with E-state index >= 15 is 0 Å². The molecule has 1 aromatic heterocycles. The third kappa shape index (κ3) is 3.72. The van der Waals surface area contributed by atoms with Crippen molar-refractivity contribution in [1.29, 1.82) is 0 Å². The minimum absolute atomic E-state index is 0.150. The van der Waals surface area contributed by atoms with Crippen LogP contribution < -0.4 is 15.1 Å². The van der Waals surface area contributed by atoms with E-state index in [4.69, 9.17) is 13.9 Å². The highest BCUT2D eigenvalue weighted by atomic mass is 16.5. The summed E-state index contributed by atoms with van der Waals surface area (Å²) in [5.41, 5.74) is -0.399. The summed E-state index contributed by atoms with van der Waals surface area (Å²) in [6, 6.07) is 5.03. The molecule has 1 heterocycles. The van der Waals surface area contributed by atoms with Crippen LogP contribution in [0.2, 0.25) is 0 Å². The Hall–Kier alpha value is -2.17. The Morgan fingerprint density at radius 2 is 1.95 bits per heavy atom. The molecular weight excluding hydrogens is 284 g/mol. The molecular formula is C17H22O5. The van der Waals surface area contributed by atoms with Gasteiger partial charge < -0.3 is 19.0 Å². The first-order valence-electron chi connectivity index (χ1n) is 7.72. The lowest BCUT2D eigenvalue weighted by atomic mass is 10.2. The van der Waals surface area contributed by atoms with E-state index in [1.165, 1.54) is 12.8 Å². The highest BCUT2D eigenvalue weighted by Crippen LogP contribution is 2.33. The quantitative estimate of drug-likeness (QED) is 0.592. The standard InChI is InChI=1S/C17H22O5/c1-3-5-6-7-10-21-12-8-9-13-14(11-12)22-17(19)16(15(13)18)20-4-2/h8-9,11,18H,3-7,10H2,1-2H3. The molecule has 0 atom stereocenters. The number of benzene rings is 1. The van der Waals surface area contributed by atoms with Crippen molar-refractivity contribution in [3.8, 4) is 17.2 Å². The van der Waals surface area contributed by atoms with E-state index in [0.717, 1.165) is 12.8 Å². The second kappa shape index (κ2) is 7.73. The van der Waals surface area contributed by atoms with Gasteiger partial charge in [-0.3, -0.25) is 0 Å². The first-order chi connectivity index (χ1) is 10.7. The molecule has 0 aliphatic carbocycles. The molecule has 2 aromatic rings. The molecule has 0 radical (unpaired) electrons. The number of rotatable bonds is 8. The van der Waals surface area contributed by atoms with Crippen LogP contribution in [0, 0.1) is 0 Å². The van der Waals surface area contributed by atoms with E-state index in [9.17, 15) is 9.90 Å². The van der Waals surface area contributed by atoms with E-state index < -0.39 is 5.63 Å². The highest BCUT2D eigenvalue weighted by molar-refractivity contribution is 5.86. The molecule has 2 rings (SSSR count). The van der Waals surface area contributed by atoms with Crippen molar-refractivity contribution < 1.29 is 19.0 Å². The van der Waals surface area contributed by atoms with Crippen LogP contribution in [0.3, 0.4) is 0 Å². The van der Waals surface area contributed by atoms with Crippen LogP contribution in [0.25, 0.3) is 11.0 Å². The zero-order chi connectivity index (χ0) is 15.9. The molecule has 0 aliphatic heterocycles. The number of hydrogen-bond donors (Lipinski definition) is 1. The lowest BCUT2D eigenvalue weighted by Gasteiger charge is -2.09. The summed E-state index contributed by atoms with van der Waals surface area (Å²) >= 11 is 0. The minimum Gasteiger partial charge on any atom is -0.504 e. The number of aromatic hydroxyl groups is 1. The van der Waals surface area contributed by atoms with E-state index in [-0.39, 0.29) is 23.7 Å². The molecule has 0 fully saturated rings. The van der Waals surface area contributed by atoms with Gasteiger partial charge in [0.1, 0.15) is 11.3 Å². The van der Waals surface area contributed by atoms with Crippen molar-refractivity contribution in [3.63, 3.8) is 0 Å². The van der Waals surface area contributed by atoms with Crippen LogP contribution in [-0.4, -0.2) is 18.3 Å². The summed E-state index contributed by atoms with van der Waals surface area (Å²) in [6.45, 7) is 4.80. The van der Waals surface area contributed by atoms with Gasteiger partial charge in [0.25, 0.3) is 0 Å². The molecule has 0 aliphatic rings. The van der Waals surface area contributed by atoms with Gasteiger partial charge in [-0.15, -0.1) is 0 Å². The number of unbranched alkanes of at least 4 members (excludes halogenated alkanes) is 3. The summed E-state index contributed by atoms with van der Waals surface area (Å²) < 4.78 is 16.0. The average molecular weight is 306 g/mol. The Kier molecular flexibility index (Phi) is 5.69. The molecule has 0 amide bonds. The fraction of sp³-hybridized carbons (Fsp3) is 0.471. The van der Waals surface area contributed by atoms with Crippen LogP contribution in [0.4, 0.5) is 0 Å². The Morgan fingerprint density at radius 3 is 2.68 bits per heavy atom. The molecule has 0 bridgehead atoms. The van der Waals surface area contributed by atoms with E-state index in [1.807, 2.05) is 0 Å². The topological polar surface area (TPSA) is 68.9 Å². The third-order valence-corrected chi connectivity index (χ3v) is 3.37.